The predicted octanol–water partition coefficient (Wildman–Crippen LogP) is 2.95. The van der Waals surface area contributed by atoms with E-state index < -0.39 is 0 Å². The molecule has 0 amide bonds. The van der Waals surface area contributed by atoms with Crippen molar-refractivity contribution in [3.63, 3.8) is 0 Å². The number of hydrogen-bond acceptors (Lipinski definition) is 4. The molecule has 2 N–H and O–H groups in total. The van der Waals surface area contributed by atoms with E-state index in [-0.39, 0.29) is 0 Å². The Morgan fingerprint density at radius 1 is 1.05 bits per heavy atom. The molecule has 0 fully saturated rings. The predicted molar refractivity (Wildman–Crippen MR) is 84.6 cm³/mol. The molecule has 21 heavy (non-hydrogen) atoms. The standard InChI is InChI=1S/C17H15N3O/c1-21-14-8-6-13(7-9-14)16(20-18)17-15-5-3-2-4-12(15)10-11-19-17/h2-11H,18H2,1H3. The van der Waals surface area contributed by atoms with Crippen molar-refractivity contribution in [3.05, 3.63) is 72.1 Å². The minimum absolute atomic E-state index is 0.662. The first kappa shape index (κ1) is 13.1. The molecular formula is C17H15N3O. The minimum Gasteiger partial charge on any atom is -0.497 e. The second-order valence-corrected chi connectivity index (χ2v) is 4.59. The van der Waals surface area contributed by atoms with E-state index in [9.17, 15) is 0 Å². The number of methoxy groups -OCH3 is 1. The Morgan fingerprint density at radius 2 is 1.81 bits per heavy atom. The lowest BCUT2D eigenvalue weighted by molar-refractivity contribution is 0.415. The molecule has 3 aromatic rings. The van der Waals surface area contributed by atoms with Crippen LogP contribution in [0.2, 0.25) is 0 Å². The molecule has 0 saturated heterocycles. The largest absolute Gasteiger partial charge is 0.497 e. The molecule has 0 spiro atoms. The van der Waals surface area contributed by atoms with Gasteiger partial charge in [-0.05, 0) is 35.7 Å². The fourth-order valence-electron chi connectivity index (χ4n) is 2.33. The zero-order valence-electron chi connectivity index (χ0n) is 11.7. The van der Waals surface area contributed by atoms with Gasteiger partial charge in [0.2, 0.25) is 0 Å². The normalized spacial score (nSPS) is 11.6. The number of aromatic nitrogens is 1. The Balaban J connectivity index is 2.14. The smallest absolute Gasteiger partial charge is 0.118 e. The average molecular weight is 277 g/mol. The Hall–Kier alpha value is -2.88. The van der Waals surface area contributed by atoms with Gasteiger partial charge in [-0.25, -0.2) is 0 Å². The highest BCUT2D eigenvalue weighted by atomic mass is 16.5. The molecule has 3 rings (SSSR count). The maximum absolute atomic E-state index is 5.62. The van der Waals surface area contributed by atoms with Gasteiger partial charge in [-0.1, -0.05) is 24.3 Å². The number of ether oxygens (including phenoxy) is 1. The number of pyridine rings is 1. The maximum atomic E-state index is 5.62. The fourth-order valence-corrected chi connectivity index (χ4v) is 2.33. The van der Waals surface area contributed by atoms with Gasteiger partial charge in [0.05, 0.1) is 12.8 Å². The van der Waals surface area contributed by atoms with Crippen molar-refractivity contribution in [1.29, 1.82) is 0 Å². The van der Waals surface area contributed by atoms with Crippen molar-refractivity contribution < 1.29 is 4.74 Å². The zero-order valence-corrected chi connectivity index (χ0v) is 11.7. The summed E-state index contributed by atoms with van der Waals surface area (Å²) in [6, 6.07) is 17.6. The second-order valence-electron chi connectivity index (χ2n) is 4.59. The number of hydrogen-bond donors (Lipinski definition) is 1. The van der Waals surface area contributed by atoms with Crippen molar-refractivity contribution in [2.45, 2.75) is 0 Å². The highest BCUT2D eigenvalue weighted by molar-refractivity contribution is 6.17. The van der Waals surface area contributed by atoms with Crippen LogP contribution in [-0.2, 0) is 0 Å². The second kappa shape index (κ2) is 5.63. The number of nitrogens with zero attached hydrogens (tertiary/aromatic N) is 2. The molecule has 0 unspecified atom stereocenters. The Labute approximate surface area is 122 Å². The van der Waals surface area contributed by atoms with Gasteiger partial charge in [-0.15, -0.1) is 0 Å². The van der Waals surface area contributed by atoms with Crippen LogP contribution in [0.1, 0.15) is 11.3 Å². The molecule has 0 atom stereocenters. The summed E-state index contributed by atoms with van der Waals surface area (Å²) in [6.45, 7) is 0. The van der Waals surface area contributed by atoms with Gasteiger partial charge in [0.25, 0.3) is 0 Å². The van der Waals surface area contributed by atoms with Gasteiger partial charge in [0.1, 0.15) is 11.5 Å². The number of rotatable bonds is 3. The molecular weight excluding hydrogens is 262 g/mol. The van der Waals surface area contributed by atoms with Crippen LogP contribution in [0.5, 0.6) is 5.75 Å². The fraction of sp³-hybridized carbons (Fsp3) is 0.0588. The summed E-state index contributed by atoms with van der Waals surface area (Å²) in [7, 11) is 1.64. The molecule has 104 valence electrons. The first-order valence-electron chi connectivity index (χ1n) is 6.60. The monoisotopic (exact) mass is 277 g/mol. The molecule has 0 aliphatic carbocycles. The number of benzene rings is 2. The molecule has 1 aromatic heterocycles. The summed E-state index contributed by atoms with van der Waals surface area (Å²) in [6.07, 6.45) is 1.77. The molecule has 1 heterocycles. The summed E-state index contributed by atoms with van der Waals surface area (Å²) in [5, 5.41) is 6.08. The van der Waals surface area contributed by atoms with Crippen LogP contribution >= 0.6 is 0 Å². The van der Waals surface area contributed by atoms with Crippen LogP contribution in [0.25, 0.3) is 10.8 Å². The first-order valence-corrected chi connectivity index (χ1v) is 6.60. The van der Waals surface area contributed by atoms with Crippen LogP contribution in [0, 0.1) is 0 Å². The van der Waals surface area contributed by atoms with Crippen LogP contribution in [-0.4, -0.2) is 17.8 Å². The summed E-state index contributed by atoms with van der Waals surface area (Å²) in [4.78, 5) is 4.45. The van der Waals surface area contributed by atoms with E-state index >= 15 is 0 Å². The van der Waals surface area contributed by atoms with Gasteiger partial charge < -0.3 is 10.6 Å². The van der Waals surface area contributed by atoms with Crippen LogP contribution in [0.3, 0.4) is 0 Å². The highest BCUT2D eigenvalue weighted by Gasteiger charge is 2.12. The minimum atomic E-state index is 0.662. The summed E-state index contributed by atoms with van der Waals surface area (Å²) in [5.41, 5.74) is 2.34. The van der Waals surface area contributed by atoms with Gasteiger partial charge in [0, 0.05) is 17.1 Å². The molecule has 0 saturated carbocycles. The summed E-state index contributed by atoms with van der Waals surface area (Å²) in [5.74, 6) is 6.41. The van der Waals surface area contributed by atoms with E-state index in [4.69, 9.17) is 10.6 Å². The summed E-state index contributed by atoms with van der Waals surface area (Å²) < 4.78 is 5.17. The number of fused-ring (bicyclic) bond motifs is 1. The molecule has 0 aliphatic rings. The third-order valence-electron chi connectivity index (χ3n) is 3.39. The Morgan fingerprint density at radius 3 is 2.52 bits per heavy atom. The van der Waals surface area contributed by atoms with Gasteiger partial charge in [-0.3, -0.25) is 4.98 Å². The molecule has 2 aromatic carbocycles. The van der Waals surface area contributed by atoms with Crippen molar-refractivity contribution in [2.75, 3.05) is 7.11 Å². The van der Waals surface area contributed by atoms with Crippen LogP contribution < -0.4 is 10.6 Å². The van der Waals surface area contributed by atoms with E-state index in [0.29, 0.717) is 5.71 Å². The molecule has 0 aliphatic heterocycles. The topological polar surface area (TPSA) is 60.5 Å². The quantitative estimate of drug-likeness (QED) is 0.455. The van der Waals surface area contributed by atoms with Crippen LogP contribution in [0.15, 0.2) is 65.9 Å². The molecule has 4 heteroatoms. The van der Waals surface area contributed by atoms with E-state index in [1.807, 2.05) is 54.6 Å². The number of hydrazone groups is 1. The van der Waals surface area contributed by atoms with Gasteiger partial charge in [-0.2, -0.15) is 5.10 Å². The molecule has 0 bridgehead atoms. The third-order valence-corrected chi connectivity index (χ3v) is 3.39. The van der Waals surface area contributed by atoms with Gasteiger partial charge in [0.15, 0.2) is 0 Å². The van der Waals surface area contributed by atoms with Crippen LogP contribution in [0.4, 0.5) is 0 Å². The molecule has 0 radical (unpaired) electrons. The molecule has 4 nitrogen and oxygen atoms in total. The van der Waals surface area contributed by atoms with E-state index in [1.54, 1.807) is 13.3 Å². The Bertz CT molecular complexity index is 789. The van der Waals surface area contributed by atoms with Gasteiger partial charge >= 0.3 is 0 Å². The zero-order chi connectivity index (χ0) is 14.7. The Kier molecular flexibility index (Phi) is 3.51. The number of nitrogens with two attached hydrogens (primary N) is 1. The van der Waals surface area contributed by atoms with Crippen molar-refractivity contribution in [2.24, 2.45) is 10.9 Å². The van der Waals surface area contributed by atoms with E-state index in [2.05, 4.69) is 10.1 Å². The van der Waals surface area contributed by atoms with E-state index in [1.165, 1.54) is 0 Å². The summed E-state index contributed by atoms with van der Waals surface area (Å²) >= 11 is 0. The SMILES string of the molecule is COc1ccc(C(=NN)c2nccc3ccccc23)cc1. The van der Waals surface area contributed by atoms with E-state index in [0.717, 1.165) is 27.8 Å². The highest BCUT2D eigenvalue weighted by Crippen LogP contribution is 2.21. The lowest BCUT2D eigenvalue weighted by atomic mass is 10.0. The maximum Gasteiger partial charge on any atom is 0.118 e. The van der Waals surface area contributed by atoms with Crippen molar-refractivity contribution in [3.8, 4) is 5.75 Å². The lowest BCUT2D eigenvalue weighted by Gasteiger charge is -2.09. The lowest BCUT2D eigenvalue weighted by Crippen LogP contribution is -2.09. The van der Waals surface area contributed by atoms with Crippen molar-refractivity contribution in [1.82, 2.24) is 4.98 Å². The third kappa shape index (κ3) is 2.43. The first-order chi connectivity index (χ1) is 10.3. The average Bonchev–Trinajstić information content (AvgIpc) is 2.56. The van der Waals surface area contributed by atoms with Crippen molar-refractivity contribution >= 4 is 16.5 Å².